The van der Waals surface area contributed by atoms with Crippen molar-refractivity contribution in [2.24, 2.45) is 5.92 Å². The monoisotopic (exact) mass is 366 g/mol. The molecular weight excluding hydrogens is 353 g/mol. The number of alkyl halides is 3. The van der Waals surface area contributed by atoms with E-state index in [2.05, 4.69) is 21.2 Å². The molecule has 0 aliphatic heterocycles. The lowest BCUT2D eigenvalue weighted by Crippen LogP contribution is -2.32. The van der Waals surface area contributed by atoms with E-state index in [1.807, 2.05) is 0 Å². The van der Waals surface area contributed by atoms with Crippen LogP contribution in [0.2, 0.25) is 0 Å². The van der Waals surface area contributed by atoms with Crippen molar-refractivity contribution < 1.29 is 18.1 Å². The molecule has 116 valence electrons. The predicted molar refractivity (Wildman–Crippen MR) is 76.2 cm³/mol. The van der Waals surface area contributed by atoms with Gasteiger partial charge in [0.05, 0.1) is 10.8 Å². The Morgan fingerprint density at radius 3 is 2.33 bits per heavy atom. The summed E-state index contributed by atoms with van der Waals surface area (Å²) < 4.78 is 38.3. The lowest BCUT2D eigenvalue weighted by atomic mass is 9.85. The van der Waals surface area contributed by atoms with Crippen LogP contribution in [0.4, 0.5) is 24.5 Å². The molecule has 1 aromatic rings. The molecular formula is C13H14BrF3N2O2. The molecule has 21 heavy (non-hydrogen) atoms. The Bertz CT molecular complexity index is 529. The van der Waals surface area contributed by atoms with E-state index in [4.69, 9.17) is 0 Å². The largest absolute Gasteiger partial charge is 0.391 e. The maximum atomic E-state index is 12.6. The molecule has 0 aromatic heterocycles. The normalized spacial score (nSPS) is 22.9. The van der Waals surface area contributed by atoms with Gasteiger partial charge in [-0.3, -0.25) is 10.1 Å². The van der Waals surface area contributed by atoms with Gasteiger partial charge in [-0.2, -0.15) is 13.2 Å². The predicted octanol–water partition coefficient (Wildman–Crippen LogP) is 4.89. The van der Waals surface area contributed by atoms with Crippen LogP contribution in [0.3, 0.4) is 0 Å². The van der Waals surface area contributed by atoms with Gasteiger partial charge in [-0.05, 0) is 47.7 Å². The molecule has 1 fully saturated rings. The van der Waals surface area contributed by atoms with Crippen LogP contribution in [-0.4, -0.2) is 17.1 Å². The van der Waals surface area contributed by atoms with Crippen LogP contribution < -0.4 is 5.32 Å². The summed E-state index contributed by atoms with van der Waals surface area (Å²) in [5, 5.41) is 13.8. The van der Waals surface area contributed by atoms with Crippen molar-refractivity contribution >= 4 is 27.3 Å². The number of anilines is 1. The zero-order valence-electron chi connectivity index (χ0n) is 11.0. The van der Waals surface area contributed by atoms with E-state index in [9.17, 15) is 23.3 Å². The molecule has 2 rings (SSSR count). The third-order valence-electron chi connectivity index (χ3n) is 3.71. The molecule has 1 aliphatic carbocycles. The highest BCUT2D eigenvalue weighted by Gasteiger charge is 2.41. The first-order valence-corrected chi connectivity index (χ1v) is 7.34. The van der Waals surface area contributed by atoms with Crippen LogP contribution in [0.15, 0.2) is 22.7 Å². The summed E-state index contributed by atoms with van der Waals surface area (Å²) in [6.07, 6.45) is -3.00. The lowest BCUT2D eigenvalue weighted by Gasteiger charge is -2.31. The van der Waals surface area contributed by atoms with Gasteiger partial charge in [0, 0.05) is 28.3 Å². The summed E-state index contributed by atoms with van der Waals surface area (Å²) in [4.78, 5) is 10.1. The number of halogens is 4. The van der Waals surface area contributed by atoms with E-state index >= 15 is 0 Å². The zero-order valence-corrected chi connectivity index (χ0v) is 12.6. The minimum absolute atomic E-state index is 0.0341. The number of hydrogen-bond acceptors (Lipinski definition) is 3. The third-order valence-corrected chi connectivity index (χ3v) is 4.37. The Balaban J connectivity index is 1.96. The van der Waals surface area contributed by atoms with Gasteiger partial charge >= 0.3 is 6.18 Å². The molecule has 1 N–H and O–H groups in total. The number of benzene rings is 1. The second-order valence-electron chi connectivity index (χ2n) is 5.16. The SMILES string of the molecule is O=[N+]([O-])c1ccc(NC2CCC(C(F)(F)F)CC2)c(Br)c1. The Kier molecular flexibility index (Phi) is 4.75. The minimum Gasteiger partial charge on any atom is -0.381 e. The van der Waals surface area contributed by atoms with Gasteiger partial charge in [0.15, 0.2) is 0 Å². The van der Waals surface area contributed by atoms with E-state index in [0.717, 1.165) is 0 Å². The summed E-state index contributed by atoms with van der Waals surface area (Å²) in [6.45, 7) is 0. The molecule has 0 radical (unpaired) electrons. The Morgan fingerprint density at radius 1 is 1.24 bits per heavy atom. The molecule has 1 aromatic carbocycles. The maximum Gasteiger partial charge on any atom is 0.391 e. The smallest absolute Gasteiger partial charge is 0.381 e. The topological polar surface area (TPSA) is 55.2 Å². The highest BCUT2D eigenvalue weighted by atomic mass is 79.9. The van der Waals surface area contributed by atoms with Crippen molar-refractivity contribution in [3.05, 3.63) is 32.8 Å². The maximum absolute atomic E-state index is 12.6. The zero-order chi connectivity index (χ0) is 15.6. The number of nitro benzene ring substituents is 1. The van der Waals surface area contributed by atoms with Crippen LogP contribution in [0, 0.1) is 16.0 Å². The van der Waals surface area contributed by atoms with Crippen molar-refractivity contribution in [1.82, 2.24) is 0 Å². The van der Waals surface area contributed by atoms with Crippen molar-refractivity contribution in [3.8, 4) is 0 Å². The lowest BCUT2D eigenvalue weighted by molar-refractivity contribution is -0.384. The van der Waals surface area contributed by atoms with Crippen LogP contribution in [0.1, 0.15) is 25.7 Å². The van der Waals surface area contributed by atoms with Crippen LogP contribution >= 0.6 is 15.9 Å². The molecule has 0 spiro atoms. The highest BCUT2D eigenvalue weighted by Crippen LogP contribution is 2.38. The Labute approximate surface area is 128 Å². The second kappa shape index (κ2) is 6.21. The molecule has 1 aliphatic rings. The van der Waals surface area contributed by atoms with Gasteiger partial charge in [-0.15, -0.1) is 0 Å². The van der Waals surface area contributed by atoms with E-state index < -0.39 is 17.0 Å². The highest BCUT2D eigenvalue weighted by molar-refractivity contribution is 9.10. The quantitative estimate of drug-likeness (QED) is 0.611. The first-order valence-electron chi connectivity index (χ1n) is 6.54. The van der Waals surface area contributed by atoms with Crippen molar-refractivity contribution in [2.75, 3.05) is 5.32 Å². The van der Waals surface area contributed by atoms with Crippen molar-refractivity contribution in [2.45, 2.75) is 37.9 Å². The van der Waals surface area contributed by atoms with Gasteiger partial charge in [-0.1, -0.05) is 0 Å². The molecule has 0 heterocycles. The number of hydrogen-bond donors (Lipinski definition) is 1. The number of non-ortho nitro benzene ring substituents is 1. The number of rotatable bonds is 3. The van der Waals surface area contributed by atoms with E-state index in [1.54, 1.807) is 6.07 Å². The Hall–Kier alpha value is -1.31. The Morgan fingerprint density at radius 2 is 1.86 bits per heavy atom. The average Bonchev–Trinajstić information content (AvgIpc) is 2.40. The van der Waals surface area contributed by atoms with Gasteiger partial charge < -0.3 is 5.32 Å². The summed E-state index contributed by atoms with van der Waals surface area (Å²) in [5.74, 6) is -1.21. The second-order valence-corrected chi connectivity index (χ2v) is 6.01. The standard InChI is InChI=1S/C13H14BrF3N2O2/c14-11-7-10(19(20)21)5-6-12(11)18-9-3-1-8(2-4-9)13(15,16)17/h5-9,18H,1-4H2. The van der Waals surface area contributed by atoms with Gasteiger partial charge in [0.1, 0.15) is 0 Å². The van der Waals surface area contributed by atoms with E-state index in [1.165, 1.54) is 12.1 Å². The molecule has 0 atom stereocenters. The molecule has 0 unspecified atom stereocenters. The molecule has 8 heteroatoms. The third kappa shape index (κ3) is 4.09. The summed E-state index contributed by atoms with van der Waals surface area (Å²) in [7, 11) is 0. The minimum atomic E-state index is -4.11. The number of nitrogens with zero attached hydrogens (tertiary/aromatic N) is 1. The fourth-order valence-corrected chi connectivity index (χ4v) is 3.00. The number of nitro groups is 1. The number of nitrogens with one attached hydrogen (secondary N) is 1. The summed E-state index contributed by atoms with van der Waals surface area (Å²) in [5.41, 5.74) is 0.629. The van der Waals surface area contributed by atoms with Crippen LogP contribution in [0.25, 0.3) is 0 Å². The average molecular weight is 367 g/mol. The van der Waals surface area contributed by atoms with Crippen molar-refractivity contribution in [1.29, 1.82) is 0 Å². The van der Waals surface area contributed by atoms with Gasteiger partial charge in [0.2, 0.25) is 0 Å². The van der Waals surface area contributed by atoms with E-state index in [0.29, 0.717) is 23.0 Å². The fraction of sp³-hybridized carbons (Fsp3) is 0.538. The first kappa shape index (κ1) is 16.1. The summed E-state index contributed by atoms with van der Waals surface area (Å²) in [6, 6.07) is 4.28. The molecule has 0 bridgehead atoms. The van der Waals surface area contributed by atoms with Crippen molar-refractivity contribution in [3.63, 3.8) is 0 Å². The molecule has 4 nitrogen and oxygen atoms in total. The molecule has 0 saturated heterocycles. The molecule has 0 amide bonds. The van der Waals surface area contributed by atoms with Crippen LogP contribution in [0.5, 0.6) is 0 Å². The summed E-state index contributed by atoms with van der Waals surface area (Å²) >= 11 is 3.24. The molecule has 1 saturated carbocycles. The van der Waals surface area contributed by atoms with E-state index in [-0.39, 0.29) is 24.6 Å². The van der Waals surface area contributed by atoms with Gasteiger partial charge in [-0.25, -0.2) is 0 Å². The van der Waals surface area contributed by atoms with Crippen LogP contribution in [-0.2, 0) is 0 Å². The fourth-order valence-electron chi connectivity index (χ4n) is 2.52. The first-order chi connectivity index (χ1) is 9.77. The van der Waals surface area contributed by atoms with Gasteiger partial charge in [0.25, 0.3) is 5.69 Å².